The first kappa shape index (κ1) is 21.9. The molecule has 26 heavy (non-hydrogen) atoms. The van der Waals surface area contributed by atoms with Crippen molar-refractivity contribution < 1.29 is 27.8 Å². The van der Waals surface area contributed by atoms with Crippen molar-refractivity contribution in [3.63, 3.8) is 0 Å². The number of nitrogens with one attached hydrogen (secondary N) is 1. The van der Waals surface area contributed by atoms with Crippen LogP contribution in [0.5, 0.6) is 0 Å². The molecule has 0 fully saturated rings. The Kier molecular flexibility index (Phi) is 6.74. The van der Waals surface area contributed by atoms with Crippen LogP contribution in [0.4, 0.5) is 13.6 Å². The summed E-state index contributed by atoms with van der Waals surface area (Å²) >= 11 is 0. The van der Waals surface area contributed by atoms with Crippen LogP contribution in [0.25, 0.3) is 0 Å². The van der Waals surface area contributed by atoms with Crippen LogP contribution in [0.3, 0.4) is 0 Å². The fourth-order valence-corrected chi connectivity index (χ4v) is 2.19. The summed E-state index contributed by atoms with van der Waals surface area (Å²) in [5, 5.41) is 2.20. The monoisotopic (exact) mass is 371 g/mol. The lowest BCUT2D eigenvalue weighted by Crippen LogP contribution is -2.39. The van der Waals surface area contributed by atoms with Gasteiger partial charge >= 0.3 is 12.1 Å². The first-order valence-corrected chi connectivity index (χ1v) is 8.42. The largest absolute Gasteiger partial charge is 0.464 e. The average molecular weight is 371 g/mol. The Morgan fingerprint density at radius 3 is 1.96 bits per heavy atom. The molecule has 146 valence electrons. The van der Waals surface area contributed by atoms with E-state index in [0.29, 0.717) is 5.56 Å². The second-order valence-electron chi connectivity index (χ2n) is 7.93. The highest BCUT2D eigenvalue weighted by Crippen LogP contribution is 2.29. The minimum Gasteiger partial charge on any atom is -0.464 e. The second-order valence-corrected chi connectivity index (χ2v) is 7.93. The zero-order chi connectivity index (χ0) is 20.3. The number of amides is 1. The van der Waals surface area contributed by atoms with Gasteiger partial charge in [-0.1, -0.05) is 20.8 Å². The summed E-state index contributed by atoms with van der Waals surface area (Å²) in [6.45, 7) is 11.9. The zero-order valence-corrected chi connectivity index (χ0v) is 16.3. The molecular weight excluding hydrogens is 344 g/mol. The molecule has 1 amide bonds. The maximum atomic E-state index is 14.6. The van der Waals surface area contributed by atoms with Crippen molar-refractivity contribution in [1.82, 2.24) is 5.32 Å². The van der Waals surface area contributed by atoms with Gasteiger partial charge in [0, 0.05) is 0 Å². The maximum absolute atomic E-state index is 14.6. The molecule has 7 heteroatoms. The molecule has 0 radical (unpaired) electrons. The van der Waals surface area contributed by atoms with E-state index in [4.69, 9.17) is 9.47 Å². The van der Waals surface area contributed by atoms with Gasteiger partial charge in [0.25, 0.3) is 0 Å². The van der Waals surface area contributed by atoms with Crippen molar-refractivity contribution in [1.29, 1.82) is 0 Å². The van der Waals surface area contributed by atoms with E-state index in [0.717, 1.165) is 12.1 Å². The second kappa shape index (κ2) is 8.01. The number of rotatable bonds is 4. The third-order valence-corrected chi connectivity index (χ3v) is 3.42. The lowest BCUT2D eigenvalue weighted by Gasteiger charge is -2.25. The van der Waals surface area contributed by atoms with Gasteiger partial charge in [0.05, 0.1) is 12.2 Å². The van der Waals surface area contributed by atoms with Gasteiger partial charge in [0.1, 0.15) is 17.2 Å². The molecule has 0 saturated carbocycles. The number of hydrogen-bond acceptors (Lipinski definition) is 4. The van der Waals surface area contributed by atoms with Gasteiger partial charge in [-0.3, -0.25) is 0 Å². The molecule has 1 atom stereocenters. The molecule has 1 N–H and O–H groups in total. The molecule has 1 rings (SSSR count). The Balaban J connectivity index is 3.31. The SMILES string of the molecule is CCOC(=O)C(NC(=O)OC(C)(C)C)c1c(F)cc(C(C)(C)C)cc1F. The normalized spacial score (nSPS) is 13.1. The van der Waals surface area contributed by atoms with E-state index in [1.54, 1.807) is 27.7 Å². The number of alkyl carbamates (subject to hydrolysis) is 1. The highest BCUT2D eigenvalue weighted by atomic mass is 19.1. The summed E-state index contributed by atoms with van der Waals surface area (Å²) < 4.78 is 39.2. The Hall–Kier alpha value is -2.18. The topological polar surface area (TPSA) is 64.6 Å². The van der Waals surface area contributed by atoms with Gasteiger partial charge in [-0.2, -0.15) is 0 Å². The molecule has 0 aliphatic rings. The van der Waals surface area contributed by atoms with E-state index >= 15 is 0 Å². The molecule has 0 aliphatic heterocycles. The summed E-state index contributed by atoms with van der Waals surface area (Å²) in [6, 6.07) is 0.654. The van der Waals surface area contributed by atoms with E-state index in [-0.39, 0.29) is 6.61 Å². The van der Waals surface area contributed by atoms with Crippen LogP contribution in [0.2, 0.25) is 0 Å². The number of esters is 1. The number of carbonyl (C=O) groups excluding carboxylic acids is 2. The van der Waals surface area contributed by atoms with Crippen LogP contribution in [-0.4, -0.2) is 24.3 Å². The lowest BCUT2D eigenvalue weighted by atomic mass is 9.85. The van der Waals surface area contributed by atoms with Crippen molar-refractivity contribution in [2.24, 2.45) is 0 Å². The summed E-state index contributed by atoms with van der Waals surface area (Å²) in [6.07, 6.45) is -0.978. The molecule has 5 nitrogen and oxygen atoms in total. The maximum Gasteiger partial charge on any atom is 0.408 e. The minimum atomic E-state index is -1.65. The van der Waals surface area contributed by atoms with Gasteiger partial charge in [0.15, 0.2) is 6.04 Å². The first-order chi connectivity index (χ1) is 11.8. The molecule has 0 saturated heterocycles. The van der Waals surface area contributed by atoms with Crippen LogP contribution in [0.1, 0.15) is 65.6 Å². The fraction of sp³-hybridized carbons (Fsp3) is 0.579. The summed E-state index contributed by atoms with van der Waals surface area (Å²) in [5.74, 6) is -2.85. The molecule has 0 aliphatic carbocycles. The van der Waals surface area contributed by atoms with Crippen LogP contribution < -0.4 is 5.32 Å². The minimum absolute atomic E-state index is 0.00531. The summed E-state index contributed by atoms with van der Waals surface area (Å²) in [5.41, 5.74) is -1.48. The molecular formula is C19H27F2NO4. The summed E-state index contributed by atoms with van der Waals surface area (Å²) in [4.78, 5) is 24.2. The van der Waals surface area contributed by atoms with Crippen LogP contribution in [0, 0.1) is 11.6 Å². The van der Waals surface area contributed by atoms with Crippen molar-refractivity contribution in [2.45, 2.75) is 65.5 Å². The number of hydrogen-bond donors (Lipinski definition) is 1. The van der Waals surface area contributed by atoms with Crippen molar-refractivity contribution >= 4 is 12.1 Å². The quantitative estimate of drug-likeness (QED) is 0.797. The fourth-order valence-electron chi connectivity index (χ4n) is 2.19. The van der Waals surface area contributed by atoms with Crippen molar-refractivity contribution in [3.05, 3.63) is 34.9 Å². The highest BCUT2D eigenvalue weighted by molar-refractivity contribution is 5.83. The summed E-state index contributed by atoms with van der Waals surface area (Å²) in [7, 11) is 0. The predicted octanol–water partition coefficient (Wildman–Crippen LogP) is 4.39. The lowest BCUT2D eigenvalue weighted by molar-refractivity contribution is -0.146. The average Bonchev–Trinajstić information content (AvgIpc) is 2.42. The molecule has 0 bridgehead atoms. The number of carbonyl (C=O) groups is 2. The highest BCUT2D eigenvalue weighted by Gasteiger charge is 2.33. The number of ether oxygens (including phenoxy) is 2. The van der Waals surface area contributed by atoms with Gasteiger partial charge in [0.2, 0.25) is 0 Å². The number of benzene rings is 1. The van der Waals surface area contributed by atoms with Crippen LogP contribution in [0.15, 0.2) is 12.1 Å². The van der Waals surface area contributed by atoms with Gasteiger partial charge in [-0.15, -0.1) is 0 Å². The van der Waals surface area contributed by atoms with E-state index in [2.05, 4.69) is 5.32 Å². The van der Waals surface area contributed by atoms with Crippen molar-refractivity contribution in [3.8, 4) is 0 Å². The van der Waals surface area contributed by atoms with E-state index in [1.165, 1.54) is 0 Å². The Labute approximate surface area is 153 Å². The van der Waals surface area contributed by atoms with Crippen LogP contribution >= 0.6 is 0 Å². The van der Waals surface area contributed by atoms with Crippen molar-refractivity contribution in [2.75, 3.05) is 6.61 Å². The molecule has 0 heterocycles. The molecule has 1 aromatic carbocycles. The third-order valence-electron chi connectivity index (χ3n) is 3.42. The standard InChI is InChI=1S/C19H27F2NO4/c1-8-25-16(23)15(22-17(24)26-19(5,6)7)14-12(20)9-11(10-13(14)21)18(2,3)4/h9-10,15H,8H2,1-7H3,(H,22,24). The van der Waals surface area contributed by atoms with E-state index < -0.39 is 46.3 Å². The molecule has 0 spiro atoms. The molecule has 1 unspecified atom stereocenters. The Morgan fingerprint density at radius 1 is 1.08 bits per heavy atom. The third kappa shape index (κ3) is 5.97. The van der Waals surface area contributed by atoms with Crippen LogP contribution in [-0.2, 0) is 19.7 Å². The number of halogens is 2. The Morgan fingerprint density at radius 2 is 1.58 bits per heavy atom. The predicted molar refractivity (Wildman–Crippen MR) is 93.8 cm³/mol. The van der Waals surface area contributed by atoms with Gasteiger partial charge in [-0.05, 0) is 50.8 Å². The van der Waals surface area contributed by atoms with E-state index in [9.17, 15) is 18.4 Å². The molecule has 1 aromatic rings. The van der Waals surface area contributed by atoms with E-state index in [1.807, 2.05) is 20.8 Å². The first-order valence-electron chi connectivity index (χ1n) is 8.42. The zero-order valence-electron chi connectivity index (χ0n) is 16.3. The smallest absolute Gasteiger partial charge is 0.408 e. The van der Waals surface area contributed by atoms with Gasteiger partial charge in [-0.25, -0.2) is 18.4 Å². The van der Waals surface area contributed by atoms with Gasteiger partial charge < -0.3 is 14.8 Å². The molecule has 0 aromatic heterocycles. The Bertz CT molecular complexity index is 652.